The van der Waals surface area contributed by atoms with E-state index in [2.05, 4.69) is 5.32 Å². The molecule has 1 fully saturated rings. The molecule has 0 aromatic heterocycles. The van der Waals surface area contributed by atoms with Crippen LogP contribution in [0.3, 0.4) is 0 Å². The molecule has 0 bridgehead atoms. The first-order valence-corrected chi connectivity index (χ1v) is 16.0. The van der Waals surface area contributed by atoms with Gasteiger partial charge in [0.05, 0.1) is 7.11 Å². The monoisotopic (exact) mass is 644 g/mol. The van der Waals surface area contributed by atoms with Gasteiger partial charge in [-0.3, -0.25) is 19.3 Å². The number of nitrogens with zero attached hydrogens (tertiary/aromatic N) is 3. The molecular formula is C35H56N4O7. The third kappa shape index (κ3) is 9.00. The molecule has 1 N–H and O–H groups in total. The number of benzene rings is 1. The smallest absolute Gasteiger partial charge is 0.410 e. The summed E-state index contributed by atoms with van der Waals surface area (Å²) in [5, 5.41) is 2.97. The highest BCUT2D eigenvalue weighted by Crippen LogP contribution is 2.32. The Bertz CT molecular complexity index is 1250. The van der Waals surface area contributed by atoms with Gasteiger partial charge < -0.3 is 24.6 Å². The van der Waals surface area contributed by atoms with Gasteiger partial charge in [0.1, 0.15) is 29.8 Å². The number of rotatable bonds is 10. The van der Waals surface area contributed by atoms with E-state index in [1.54, 1.807) is 27.8 Å². The average molecular weight is 645 g/mol. The van der Waals surface area contributed by atoms with Crippen molar-refractivity contribution >= 4 is 29.8 Å². The zero-order valence-electron chi connectivity index (χ0n) is 30.1. The zero-order valence-corrected chi connectivity index (χ0v) is 30.1. The van der Waals surface area contributed by atoms with Gasteiger partial charge in [0.25, 0.3) is 0 Å². The summed E-state index contributed by atoms with van der Waals surface area (Å²) >= 11 is 0. The maximum Gasteiger partial charge on any atom is 0.410 e. The topological polar surface area (TPSA) is 126 Å². The summed E-state index contributed by atoms with van der Waals surface area (Å²) in [6.07, 6.45) is 0.465. The fourth-order valence-corrected chi connectivity index (χ4v) is 6.14. The molecule has 0 radical (unpaired) electrons. The minimum atomic E-state index is -1.07. The highest BCUT2D eigenvalue weighted by molar-refractivity contribution is 5.96. The predicted molar refractivity (Wildman–Crippen MR) is 177 cm³/mol. The van der Waals surface area contributed by atoms with Gasteiger partial charge in [-0.1, -0.05) is 78.8 Å². The van der Waals surface area contributed by atoms with Crippen molar-refractivity contribution in [1.29, 1.82) is 0 Å². The molecule has 1 saturated heterocycles. The van der Waals surface area contributed by atoms with E-state index >= 15 is 0 Å². The molecule has 2 rings (SSSR count). The SMILES string of the molecule is COC(=O)C1CCCN1C(=O)C(C(C)C)N(C)C(=O)C(NC(=O)C(N(C)C(=O)OC(C)(C)C)C(C)(C)c1ccccc1)C(C)(C)C. The lowest BCUT2D eigenvalue weighted by molar-refractivity contribution is -0.156. The van der Waals surface area contributed by atoms with E-state index in [4.69, 9.17) is 9.47 Å². The molecule has 1 aliphatic rings. The number of amides is 4. The summed E-state index contributed by atoms with van der Waals surface area (Å²) in [7, 11) is 4.36. The second-order valence-electron chi connectivity index (χ2n) is 15.2. The highest BCUT2D eigenvalue weighted by Gasteiger charge is 2.47. The van der Waals surface area contributed by atoms with E-state index in [1.165, 1.54) is 28.9 Å². The van der Waals surface area contributed by atoms with Crippen molar-refractivity contribution in [3.63, 3.8) is 0 Å². The van der Waals surface area contributed by atoms with Crippen LogP contribution < -0.4 is 5.32 Å². The van der Waals surface area contributed by atoms with Crippen LogP contribution in [0.4, 0.5) is 4.79 Å². The molecule has 4 atom stereocenters. The van der Waals surface area contributed by atoms with E-state index in [1.807, 2.05) is 78.8 Å². The van der Waals surface area contributed by atoms with Gasteiger partial charge in [-0.25, -0.2) is 9.59 Å². The van der Waals surface area contributed by atoms with Crippen LogP contribution in [0.5, 0.6) is 0 Å². The minimum Gasteiger partial charge on any atom is -0.467 e. The molecule has 1 aliphatic heterocycles. The van der Waals surface area contributed by atoms with Crippen molar-refractivity contribution in [1.82, 2.24) is 20.0 Å². The van der Waals surface area contributed by atoms with Gasteiger partial charge in [0.2, 0.25) is 17.7 Å². The van der Waals surface area contributed by atoms with Crippen LogP contribution in [0.2, 0.25) is 0 Å². The van der Waals surface area contributed by atoms with Crippen molar-refractivity contribution in [2.24, 2.45) is 11.3 Å². The van der Waals surface area contributed by atoms with Crippen molar-refractivity contribution in [2.75, 3.05) is 27.7 Å². The second-order valence-corrected chi connectivity index (χ2v) is 15.2. The van der Waals surface area contributed by atoms with Crippen LogP contribution in [-0.2, 0) is 34.1 Å². The van der Waals surface area contributed by atoms with Crippen LogP contribution in [0, 0.1) is 11.3 Å². The summed E-state index contributed by atoms with van der Waals surface area (Å²) in [5.74, 6) is -2.12. The number of ether oxygens (including phenoxy) is 2. The fraction of sp³-hybridized carbons (Fsp3) is 0.686. The molecule has 11 nitrogen and oxygen atoms in total. The van der Waals surface area contributed by atoms with Crippen LogP contribution in [-0.4, -0.2) is 102 Å². The first-order chi connectivity index (χ1) is 21.1. The van der Waals surface area contributed by atoms with Gasteiger partial charge >= 0.3 is 12.1 Å². The predicted octanol–water partition coefficient (Wildman–Crippen LogP) is 4.38. The number of likely N-dealkylation sites (N-methyl/N-ethyl adjacent to an activating group) is 2. The lowest BCUT2D eigenvalue weighted by atomic mass is 9.76. The van der Waals surface area contributed by atoms with Crippen LogP contribution >= 0.6 is 0 Å². The fourth-order valence-electron chi connectivity index (χ4n) is 6.14. The summed E-state index contributed by atoms with van der Waals surface area (Å²) in [4.78, 5) is 72.6. The van der Waals surface area contributed by atoms with Gasteiger partial charge in [-0.2, -0.15) is 0 Å². The molecule has 46 heavy (non-hydrogen) atoms. The Morgan fingerprint density at radius 1 is 0.913 bits per heavy atom. The zero-order chi connectivity index (χ0) is 35.4. The Labute approximate surface area is 275 Å². The third-order valence-electron chi connectivity index (χ3n) is 8.58. The number of esters is 1. The lowest BCUT2D eigenvalue weighted by Gasteiger charge is -2.43. The molecule has 258 valence electrons. The molecule has 4 amide bonds. The first-order valence-electron chi connectivity index (χ1n) is 16.0. The van der Waals surface area contributed by atoms with Crippen LogP contribution in [0.25, 0.3) is 0 Å². The average Bonchev–Trinajstić information content (AvgIpc) is 3.44. The number of hydrogen-bond donors (Lipinski definition) is 1. The maximum atomic E-state index is 14.4. The number of hydrogen-bond acceptors (Lipinski definition) is 7. The largest absolute Gasteiger partial charge is 0.467 e. The molecule has 1 aromatic rings. The number of carbonyl (C=O) groups is 5. The maximum absolute atomic E-state index is 14.4. The molecule has 1 aromatic carbocycles. The normalized spacial score (nSPS) is 17.5. The van der Waals surface area contributed by atoms with Crippen LogP contribution in [0.15, 0.2) is 30.3 Å². The number of methoxy groups -OCH3 is 1. The molecule has 0 aliphatic carbocycles. The van der Waals surface area contributed by atoms with E-state index < -0.39 is 64.5 Å². The second kappa shape index (κ2) is 14.9. The number of likely N-dealkylation sites (tertiary alicyclic amines) is 1. The Hall–Kier alpha value is -3.63. The molecule has 11 heteroatoms. The van der Waals surface area contributed by atoms with Crippen molar-refractivity contribution in [3.05, 3.63) is 35.9 Å². The lowest BCUT2D eigenvalue weighted by Crippen LogP contribution is -2.64. The summed E-state index contributed by atoms with van der Waals surface area (Å²) in [6, 6.07) is 5.66. The first kappa shape index (κ1) is 38.6. The number of nitrogens with one attached hydrogen (secondary N) is 1. The quantitative estimate of drug-likeness (QED) is 0.375. The van der Waals surface area contributed by atoms with Gasteiger partial charge in [-0.05, 0) is 50.5 Å². The molecule has 0 saturated carbocycles. The number of carbonyl (C=O) groups excluding carboxylic acids is 5. The summed E-state index contributed by atoms with van der Waals surface area (Å²) < 4.78 is 10.6. The molecular weight excluding hydrogens is 588 g/mol. The van der Waals surface area contributed by atoms with Crippen molar-refractivity contribution < 1.29 is 33.4 Å². The molecule has 0 spiro atoms. The third-order valence-corrected chi connectivity index (χ3v) is 8.58. The van der Waals surface area contributed by atoms with Gasteiger partial charge in [0.15, 0.2) is 0 Å². The van der Waals surface area contributed by atoms with Gasteiger partial charge in [-0.15, -0.1) is 0 Å². The Morgan fingerprint density at radius 2 is 1.48 bits per heavy atom. The Balaban J connectivity index is 2.51. The van der Waals surface area contributed by atoms with E-state index in [-0.39, 0.29) is 11.8 Å². The highest BCUT2D eigenvalue weighted by atomic mass is 16.6. The van der Waals surface area contributed by atoms with E-state index in [0.717, 1.165) is 5.56 Å². The summed E-state index contributed by atoms with van der Waals surface area (Å²) in [5.41, 5.74) is -1.66. The Kier molecular flexibility index (Phi) is 12.4. The minimum absolute atomic E-state index is 0.292. The van der Waals surface area contributed by atoms with E-state index in [9.17, 15) is 24.0 Å². The summed E-state index contributed by atoms with van der Waals surface area (Å²) in [6.45, 7) is 18.6. The molecule has 1 heterocycles. The van der Waals surface area contributed by atoms with Gasteiger partial charge in [0, 0.05) is 26.1 Å². The van der Waals surface area contributed by atoms with Crippen molar-refractivity contribution in [3.8, 4) is 0 Å². The molecule has 4 unspecified atom stereocenters. The Morgan fingerprint density at radius 3 is 1.96 bits per heavy atom. The van der Waals surface area contributed by atoms with Crippen molar-refractivity contribution in [2.45, 2.75) is 117 Å². The standard InChI is InChI=1S/C35H56N4O7/c1-22(2)25(29(41)39-21-17-20-24(39)31(43)45-13)37(11)30(42)26(33(3,4)5)36-28(40)27(38(12)32(44)46-34(6,7)8)35(9,10)23-18-15-14-16-19-23/h14-16,18-19,22,24-27H,17,20-21H2,1-13H3,(H,36,40). The van der Waals surface area contributed by atoms with Crippen LogP contribution in [0.1, 0.15) is 87.6 Å². The van der Waals surface area contributed by atoms with E-state index in [0.29, 0.717) is 19.4 Å².